The van der Waals surface area contributed by atoms with Crippen molar-refractivity contribution in [2.24, 2.45) is 0 Å². The summed E-state index contributed by atoms with van der Waals surface area (Å²) in [5.41, 5.74) is 1.59. The highest BCUT2D eigenvalue weighted by Gasteiger charge is 2.23. The molecule has 5 nitrogen and oxygen atoms in total. The number of aryl methyl sites for hydroxylation is 1. The van der Waals surface area contributed by atoms with Crippen molar-refractivity contribution in [1.82, 2.24) is 10.6 Å². The van der Waals surface area contributed by atoms with Crippen LogP contribution in [0.1, 0.15) is 12.0 Å². The van der Waals surface area contributed by atoms with Gasteiger partial charge in [-0.05, 0) is 24.6 Å². The second kappa shape index (κ2) is 6.04. The Balaban J connectivity index is 1.93. The van der Waals surface area contributed by atoms with E-state index >= 15 is 0 Å². The lowest BCUT2D eigenvalue weighted by molar-refractivity contribution is -0.127. The molecule has 1 atom stereocenters. The van der Waals surface area contributed by atoms with Crippen molar-refractivity contribution < 1.29 is 9.59 Å². The van der Waals surface area contributed by atoms with Crippen molar-refractivity contribution in [2.45, 2.75) is 19.4 Å². The van der Waals surface area contributed by atoms with Crippen molar-refractivity contribution in [1.29, 1.82) is 0 Å². The summed E-state index contributed by atoms with van der Waals surface area (Å²) in [6, 6.07) is 4.86. The van der Waals surface area contributed by atoms with Crippen LogP contribution >= 0.6 is 11.6 Å². The molecule has 0 aliphatic carbocycles. The van der Waals surface area contributed by atoms with Crippen LogP contribution in [0.2, 0.25) is 5.02 Å². The van der Waals surface area contributed by atoms with Gasteiger partial charge in [0.2, 0.25) is 11.8 Å². The van der Waals surface area contributed by atoms with Gasteiger partial charge in [0.1, 0.15) is 0 Å². The van der Waals surface area contributed by atoms with Crippen molar-refractivity contribution >= 4 is 29.1 Å². The van der Waals surface area contributed by atoms with Crippen molar-refractivity contribution in [3.05, 3.63) is 28.8 Å². The van der Waals surface area contributed by atoms with Gasteiger partial charge in [-0.25, -0.2) is 0 Å². The van der Waals surface area contributed by atoms with Crippen LogP contribution in [0.3, 0.4) is 0 Å². The normalized spacial score (nSPS) is 18.8. The number of rotatable bonds is 3. The number of hydrogen-bond donors (Lipinski definition) is 3. The van der Waals surface area contributed by atoms with Gasteiger partial charge in [0.05, 0.1) is 12.5 Å². The lowest BCUT2D eigenvalue weighted by Crippen LogP contribution is -2.53. The second-order valence-corrected chi connectivity index (χ2v) is 4.92. The van der Waals surface area contributed by atoms with E-state index in [0.717, 1.165) is 5.56 Å². The number of nitrogens with one attached hydrogen (secondary N) is 3. The quantitative estimate of drug-likeness (QED) is 0.776. The maximum absolute atomic E-state index is 11.8. The molecule has 1 aromatic rings. The minimum absolute atomic E-state index is 0.108. The Bertz CT molecular complexity index is 505. The molecule has 19 heavy (non-hydrogen) atoms. The van der Waals surface area contributed by atoms with Crippen molar-refractivity contribution in [3.63, 3.8) is 0 Å². The standard InChI is InChI=1S/C13H16ClN3O2/c1-8-2-3-9(6-10(8)14)17-12(18)7-11-13(19)16-5-4-15-11/h2-3,6,11,15H,4-5,7H2,1H3,(H,16,19)(H,17,18)/t11-/m1/s1. The minimum Gasteiger partial charge on any atom is -0.353 e. The van der Waals surface area contributed by atoms with E-state index in [1.807, 2.05) is 13.0 Å². The zero-order valence-electron chi connectivity index (χ0n) is 10.6. The average Bonchev–Trinajstić information content (AvgIpc) is 2.37. The molecule has 0 spiro atoms. The molecule has 102 valence electrons. The van der Waals surface area contributed by atoms with Crippen LogP contribution in [0, 0.1) is 6.92 Å². The van der Waals surface area contributed by atoms with Crippen LogP contribution in [-0.2, 0) is 9.59 Å². The molecular weight excluding hydrogens is 266 g/mol. The molecule has 1 heterocycles. The minimum atomic E-state index is -0.463. The largest absolute Gasteiger partial charge is 0.353 e. The maximum Gasteiger partial charge on any atom is 0.237 e. The first kappa shape index (κ1) is 13.8. The number of amides is 2. The predicted molar refractivity (Wildman–Crippen MR) is 74.2 cm³/mol. The molecule has 0 saturated carbocycles. The van der Waals surface area contributed by atoms with Gasteiger partial charge in [-0.1, -0.05) is 17.7 Å². The summed E-state index contributed by atoms with van der Waals surface area (Å²) in [5, 5.41) is 9.06. The van der Waals surface area contributed by atoms with Gasteiger partial charge >= 0.3 is 0 Å². The molecule has 1 saturated heterocycles. The monoisotopic (exact) mass is 281 g/mol. The topological polar surface area (TPSA) is 70.2 Å². The summed E-state index contributed by atoms with van der Waals surface area (Å²) in [5.74, 6) is -0.349. The van der Waals surface area contributed by atoms with E-state index in [2.05, 4.69) is 16.0 Å². The molecule has 2 rings (SSSR count). The molecule has 0 bridgehead atoms. The van der Waals surface area contributed by atoms with Gasteiger partial charge in [0, 0.05) is 23.8 Å². The predicted octanol–water partition coefficient (Wildman–Crippen LogP) is 1.07. The van der Waals surface area contributed by atoms with E-state index < -0.39 is 6.04 Å². The zero-order chi connectivity index (χ0) is 13.8. The van der Waals surface area contributed by atoms with Crippen molar-refractivity contribution in [2.75, 3.05) is 18.4 Å². The van der Waals surface area contributed by atoms with E-state index in [9.17, 15) is 9.59 Å². The first-order valence-electron chi connectivity index (χ1n) is 6.13. The third-order valence-corrected chi connectivity index (χ3v) is 3.38. The lowest BCUT2D eigenvalue weighted by atomic mass is 10.1. The summed E-state index contributed by atoms with van der Waals surface area (Å²) < 4.78 is 0. The van der Waals surface area contributed by atoms with E-state index in [4.69, 9.17) is 11.6 Å². The SMILES string of the molecule is Cc1ccc(NC(=O)C[C@H]2NCCNC2=O)cc1Cl. The van der Waals surface area contributed by atoms with E-state index in [-0.39, 0.29) is 18.2 Å². The molecule has 1 aliphatic heterocycles. The average molecular weight is 282 g/mol. The fourth-order valence-electron chi connectivity index (χ4n) is 1.88. The first-order chi connectivity index (χ1) is 9.06. The third kappa shape index (κ3) is 3.68. The number of carbonyl (C=O) groups excluding carboxylic acids is 2. The molecule has 0 aromatic heterocycles. The summed E-state index contributed by atoms with van der Waals surface area (Å²) >= 11 is 5.98. The zero-order valence-corrected chi connectivity index (χ0v) is 11.4. The second-order valence-electron chi connectivity index (χ2n) is 4.51. The molecule has 0 radical (unpaired) electrons. The van der Waals surface area contributed by atoms with Gasteiger partial charge in [0.25, 0.3) is 0 Å². The van der Waals surface area contributed by atoms with Gasteiger partial charge < -0.3 is 16.0 Å². The lowest BCUT2D eigenvalue weighted by Gasteiger charge is -2.22. The van der Waals surface area contributed by atoms with E-state index in [1.165, 1.54) is 0 Å². The maximum atomic E-state index is 11.8. The summed E-state index contributed by atoms with van der Waals surface area (Å²) in [6.45, 7) is 3.18. The summed E-state index contributed by atoms with van der Waals surface area (Å²) in [4.78, 5) is 23.4. The van der Waals surface area contributed by atoms with Crippen LogP contribution in [0.5, 0.6) is 0 Å². The smallest absolute Gasteiger partial charge is 0.237 e. The van der Waals surface area contributed by atoms with Crippen LogP contribution < -0.4 is 16.0 Å². The molecular formula is C13H16ClN3O2. The molecule has 1 aliphatic rings. The fraction of sp³-hybridized carbons (Fsp3) is 0.385. The fourth-order valence-corrected chi connectivity index (χ4v) is 2.06. The number of benzene rings is 1. The third-order valence-electron chi connectivity index (χ3n) is 2.98. The number of anilines is 1. The number of halogens is 1. The van der Waals surface area contributed by atoms with Crippen LogP contribution in [0.4, 0.5) is 5.69 Å². The molecule has 1 fully saturated rings. The molecule has 3 N–H and O–H groups in total. The van der Waals surface area contributed by atoms with Crippen molar-refractivity contribution in [3.8, 4) is 0 Å². The Kier molecular flexibility index (Phi) is 4.39. The highest BCUT2D eigenvalue weighted by molar-refractivity contribution is 6.31. The van der Waals surface area contributed by atoms with Crippen LogP contribution in [0.25, 0.3) is 0 Å². The summed E-state index contributed by atoms with van der Waals surface area (Å²) in [7, 11) is 0. The molecule has 1 aromatic carbocycles. The molecule has 0 unspecified atom stereocenters. The number of hydrogen-bond acceptors (Lipinski definition) is 3. The number of carbonyl (C=O) groups is 2. The first-order valence-corrected chi connectivity index (χ1v) is 6.51. The van der Waals surface area contributed by atoms with Gasteiger partial charge in [0.15, 0.2) is 0 Å². The Hall–Kier alpha value is -1.59. The highest BCUT2D eigenvalue weighted by atomic mass is 35.5. The Morgan fingerprint density at radius 3 is 2.95 bits per heavy atom. The molecule has 6 heteroatoms. The van der Waals surface area contributed by atoms with Gasteiger partial charge in [-0.2, -0.15) is 0 Å². The van der Waals surface area contributed by atoms with Gasteiger partial charge in [-0.15, -0.1) is 0 Å². The van der Waals surface area contributed by atoms with E-state index in [1.54, 1.807) is 12.1 Å². The Morgan fingerprint density at radius 1 is 1.47 bits per heavy atom. The Morgan fingerprint density at radius 2 is 2.26 bits per heavy atom. The molecule has 2 amide bonds. The van der Waals surface area contributed by atoms with Gasteiger partial charge in [-0.3, -0.25) is 9.59 Å². The van der Waals surface area contributed by atoms with Crippen LogP contribution in [0.15, 0.2) is 18.2 Å². The number of piperazine rings is 1. The highest BCUT2D eigenvalue weighted by Crippen LogP contribution is 2.20. The van der Waals surface area contributed by atoms with E-state index in [0.29, 0.717) is 23.8 Å². The van der Waals surface area contributed by atoms with Crippen LogP contribution in [-0.4, -0.2) is 30.9 Å². The summed E-state index contributed by atoms with van der Waals surface area (Å²) in [6.07, 6.45) is 0.108. The Labute approximate surface area is 116 Å².